The van der Waals surface area contributed by atoms with E-state index in [4.69, 9.17) is 16.8 Å². The van der Waals surface area contributed by atoms with Crippen LogP contribution < -0.4 is 0 Å². The van der Waals surface area contributed by atoms with E-state index >= 15 is 0 Å². The highest BCUT2D eigenvalue weighted by Gasteiger charge is 2.20. The van der Waals surface area contributed by atoms with E-state index in [0.29, 0.717) is 16.5 Å². The van der Waals surface area contributed by atoms with Gasteiger partial charge in [-0.2, -0.15) is 0 Å². The van der Waals surface area contributed by atoms with Crippen molar-refractivity contribution in [1.29, 1.82) is 0 Å². The lowest BCUT2D eigenvalue weighted by Gasteiger charge is -2.19. The number of hydrogen-bond acceptors (Lipinski definition) is 1. The van der Waals surface area contributed by atoms with Crippen LogP contribution in [0.25, 0.3) is 110 Å². The summed E-state index contributed by atoms with van der Waals surface area (Å²) in [4.78, 5) is 0. The van der Waals surface area contributed by atoms with Crippen molar-refractivity contribution in [2.24, 2.45) is 0 Å². The smallest absolute Gasteiger partial charge is 0.143 e. The molecule has 0 unspecified atom stereocenters. The molecule has 1 heterocycles. The molecule has 0 atom stereocenters. The Morgan fingerprint density at radius 1 is 0.340 bits per heavy atom. The first-order valence-electron chi connectivity index (χ1n) is 23.7. The first kappa shape index (κ1) is 19.6. The minimum Gasteiger partial charge on any atom is -0.455 e. The van der Waals surface area contributed by atoms with E-state index in [1.54, 1.807) is 6.07 Å². The van der Waals surface area contributed by atoms with Crippen molar-refractivity contribution in [2.45, 2.75) is 0 Å². The summed E-state index contributed by atoms with van der Waals surface area (Å²) in [6.45, 7) is 0. The van der Waals surface area contributed by atoms with Gasteiger partial charge in [-0.15, -0.1) is 0 Å². The fraction of sp³-hybridized carbons (Fsp3) is 0. The number of benzene rings is 10. The van der Waals surface area contributed by atoms with Gasteiger partial charge in [0.15, 0.2) is 0 Å². The van der Waals surface area contributed by atoms with E-state index in [0.717, 1.165) is 54.8 Å². The van der Waals surface area contributed by atoms with Crippen LogP contribution in [0.3, 0.4) is 0 Å². The molecule has 1 nitrogen and oxygen atoms in total. The highest BCUT2D eigenvalue weighted by atomic mass is 16.3. The fourth-order valence-corrected chi connectivity index (χ4v) is 7.84. The van der Waals surface area contributed by atoms with Crippen molar-refractivity contribution < 1.29 is 22.2 Å². The average Bonchev–Trinajstić information content (AvgIpc) is 3.72. The Bertz CT molecular complexity index is 3880. The molecule has 1 aromatic heterocycles. The molecule has 0 spiro atoms. The van der Waals surface area contributed by atoms with E-state index in [2.05, 4.69) is 36.4 Å². The maximum atomic E-state index is 9.42. The van der Waals surface area contributed by atoms with E-state index in [9.17, 15) is 5.48 Å². The van der Waals surface area contributed by atoms with Crippen LogP contribution in [0.4, 0.5) is 0 Å². The first-order valence-corrected chi connectivity index (χ1v) is 17.2. The molecule has 53 heavy (non-hydrogen) atoms. The quantitative estimate of drug-likeness (QED) is 0.168. The van der Waals surface area contributed by atoms with Crippen LogP contribution in [0, 0.1) is 0 Å². The van der Waals surface area contributed by atoms with Crippen LogP contribution in [0.1, 0.15) is 17.8 Å². The maximum Gasteiger partial charge on any atom is 0.143 e. The Kier molecular flexibility index (Phi) is 4.36. The van der Waals surface area contributed by atoms with Crippen molar-refractivity contribution in [1.82, 2.24) is 0 Å². The molecule has 10 aromatic carbocycles. The monoisotopic (exact) mass is 685 g/mol. The molecule has 0 fully saturated rings. The third-order valence-electron chi connectivity index (χ3n) is 10.2. The molecule has 0 radical (unpaired) electrons. The van der Waals surface area contributed by atoms with Crippen LogP contribution in [0.15, 0.2) is 198 Å². The average molecular weight is 686 g/mol. The number of furan rings is 1. The maximum absolute atomic E-state index is 9.42. The first-order chi connectivity index (χ1) is 31.7. The van der Waals surface area contributed by atoms with Crippen LogP contribution in [0.5, 0.6) is 0 Å². The van der Waals surface area contributed by atoms with E-state index in [1.807, 2.05) is 72.8 Å². The van der Waals surface area contributed by atoms with E-state index in [-0.39, 0.29) is 32.7 Å². The SMILES string of the molecule is [2H]c1c([2H])c([2H])c(-c2c3c([2H])c([2H])c([2H])c([2H])c3c(-c3ccc(-c4ccc5oc6c(-c7ccc8ccccc8c7)cccc6c5c4)c4ccccc34)c3c([2H])c([2H])c([2H])c([2H])c23)c([2H])c1[2H]. The summed E-state index contributed by atoms with van der Waals surface area (Å²) in [5.74, 6) is 0. The summed E-state index contributed by atoms with van der Waals surface area (Å²) < 4.78 is 123. The molecular weight excluding hydrogens is 641 g/mol. The molecule has 11 rings (SSSR count). The Labute approximate surface area is 325 Å². The minimum absolute atomic E-state index is 0.0790. The highest BCUT2D eigenvalue weighted by Crippen LogP contribution is 2.47. The van der Waals surface area contributed by atoms with Gasteiger partial charge in [0.1, 0.15) is 11.2 Å². The highest BCUT2D eigenvalue weighted by molar-refractivity contribution is 6.24. The molecule has 0 aliphatic carbocycles. The zero-order chi connectivity index (χ0) is 46.2. The van der Waals surface area contributed by atoms with Crippen molar-refractivity contribution in [3.05, 3.63) is 194 Å². The Hall–Kier alpha value is -6.96. The third-order valence-corrected chi connectivity index (χ3v) is 10.2. The van der Waals surface area contributed by atoms with Gasteiger partial charge in [0.05, 0.1) is 17.8 Å². The van der Waals surface area contributed by atoms with Gasteiger partial charge >= 0.3 is 0 Å². The van der Waals surface area contributed by atoms with E-state index in [1.165, 1.54) is 0 Å². The summed E-state index contributed by atoms with van der Waals surface area (Å²) in [5.41, 5.74) is 4.79. The van der Waals surface area contributed by atoms with Crippen LogP contribution in [-0.4, -0.2) is 0 Å². The lowest BCUT2D eigenvalue weighted by atomic mass is 9.84. The third kappa shape index (κ3) is 4.64. The fourth-order valence-electron chi connectivity index (χ4n) is 7.84. The zero-order valence-corrected chi connectivity index (χ0v) is 27.9. The summed E-state index contributed by atoms with van der Waals surface area (Å²) in [7, 11) is 0. The zero-order valence-electron chi connectivity index (χ0n) is 40.9. The lowest BCUT2D eigenvalue weighted by Crippen LogP contribution is -1.92. The standard InChI is InChI=1S/C52H32O/c1-2-14-34(15-3-1)50-42-19-8-10-21-44(42)51(45-22-11-9-20-43(45)50)46-29-28-38(40-17-6-7-18-41(40)46)37-27-30-49-48(32-37)47-24-12-23-39(52(47)53-49)36-26-25-33-13-4-5-16-35(33)31-36/h1-32H/i1D,2D,3D,8D,9D,10D,11D,14D,15D,19D,20D,21D,22D. The molecule has 0 saturated heterocycles. The summed E-state index contributed by atoms with van der Waals surface area (Å²) in [6, 6.07) is 29.3. The number of rotatable bonds is 4. The Morgan fingerprint density at radius 3 is 1.68 bits per heavy atom. The van der Waals surface area contributed by atoms with Crippen molar-refractivity contribution in [3.63, 3.8) is 0 Å². The van der Waals surface area contributed by atoms with Crippen LogP contribution >= 0.6 is 0 Å². The van der Waals surface area contributed by atoms with Gasteiger partial charge in [-0.25, -0.2) is 0 Å². The number of para-hydroxylation sites is 1. The van der Waals surface area contributed by atoms with Gasteiger partial charge in [0, 0.05) is 16.3 Å². The summed E-state index contributed by atoms with van der Waals surface area (Å²) in [5, 5.41) is 4.65. The topological polar surface area (TPSA) is 13.1 Å². The molecule has 11 aromatic rings. The normalized spacial score (nSPS) is 15.2. The predicted molar refractivity (Wildman–Crippen MR) is 225 cm³/mol. The molecule has 0 aliphatic heterocycles. The second kappa shape index (κ2) is 11.8. The molecule has 246 valence electrons. The lowest BCUT2D eigenvalue weighted by molar-refractivity contribution is 0.670. The van der Waals surface area contributed by atoms with Gasteiger partial charge in [-0.3, -0.25) is 0 Å². The van der Waals surface area contributed by atoms with Gasteiger partial charge in [0.2, 0.25) is 0 Å². The van der Waals surface area contributed by atoms with Crippen LogP contribution in [0.2, 0.25) is 0 Å². The molecule has 0 N–H and O–H groups in total. The Morgan fingerprint density at radius 2 is 0.925 bits per heavy atom. The molecular formula is C52H32O. The molecule has 0 bridgehead atoms. The minimum atomic E-state index is -0.716. The van der Waals surface area contributed by atoms with Gasteiger partial charge in [-0.05, 0) is 100 Å². The predicted octanol–water partition coefficient (Wildman–Crippen LogP) is 14.9. The Balaban J connectivity index is 1.21. The van der Waals surface area contributed by atoms with Crippen molar-refractivity contribution in [3.8, 4) is 44.5 Å². The van der Waals surface area contributed by atoms with Crippen molar-refractivity contribution >= 4 is 65.0 Å². The molecule has 0 saturated carbocycles. The second-order valence-electron chi connectivity index (χ2n) is 13.0. The van der Waals surface area contributed by atoms with Crippen molar-refractivity contribution in [2.75, 3.05) is 0 Å². The van der Waals surface area contributed by atoms with Gasteiger partial charge in [0.25, 0.3) is 0 Å². The molecule has 1 heteroatoms. The summed E-state index contributed by atoms with van der Waals surface area (Å²) >= 11 is 0. The van der Waals surface area contributed by atoms with E-state index < -0.39 is 84.1 Å². The number of hydrogen-bond donors (Lipinski definition) is 0. The summed E-state index contributed by atoms with van der Waals surface area (Å²) in [6.07, 6.45) is 0. The van der Waals surface area contributed by atoms with Gasteiger partial charge in [-0.1, -0.05) is 176 Å². The largest absolute Gasteiger partial charge is 0.455 e. The second-order valence-corrected chi connectivity index (χ2v) is 13.0. The number of fused-ring (bicyclic) bond motifs is 7. The van der Waals surface area contributed by atoms with Crippen LogP contribution in [-0.2, 0) is 0 Å². The molecule has 0 amide bonds. The molecule has 0 aliphatic rings. The van der Waals surface area contributed by atoms with Gasteiger partial charge < -0.3 is 4.42 Å².